The van der Waals surface area contributed by atoms with Crippen molar-refractivity contribution in [3.63, 3.8) is 0 Å². The first-order valence-electron chi connectivity index (χ1n) is 10.5. The van der Waals surface area contributed by atoms with Crippen molar-refractivity contribution in [3.8, 4) is 11.4 Å². The van der Waals surface area contributed by atoms with Gasteiger partial charge < -0.3 is 14.6 Å². The second kappa shape index (κ2) is 11.5. The predicted octanol–water partition coefficient (Wildman–Crippen LogP) is 5.09. The summed E-state index contributed by atoms with van der Waals surface area (Å²) < 4.78 is 21.3. The number of hydrogen-bond acceptors (Lipinski definition) is 3. The van der Waals surface area contributed by atoms with Gasteiger partial charge in [-0.1, -0.05) is 24.3 Å². The maximum absolute atomic E-state index is 13.8. The Balaban J connectivity index is 1.76. The van der Waals surface area contributed by atoms with Gasteiger partial charge in [-0.2, -0.15) is 0 Å². The Kier molecular flexibility index (Phi) is 8.45. The van der Waals surface area contributed by atoms with Crippen LogP contribution in [0.15, 0.2) is 60.6 Å². The zero-order valence-electron chi connectivity index (χ0n) is 18.3. The fraction of sp³-hybridized carbons (Fsp3) is 0.280. The van der Waals surface area contributed by atoms with Crippen molar-refractivity contribution < 1.29 is 13.9 Å². The third kappa shape index (κ3) is 6.20. The van der Waals surface area contributed by atoms with E-state index in [0.717, 1.165) is 16.9 Å². The van der Waals surface area contributed by atoms with Gasteiger partial charge in [-0.15, -0.1) is 11.6 Å². The standard InChI is InChI=1S/C25H27ClFN3O2/c1-18-16-30(17-29-18)23-10-9-19(15-24(23)32-2)14-21(7-5-12-26)25(31)28-13-11-20-6-3-4-8-22(20)27/h3-4,6,8-10,14-17H,5,7,11-13H2,1-2H3,(H,28,31)/b21-14+. The number of alkyl halides is 1. The van der Waals surface area contributed by atoms with Crippen molar-refractivity contribution in [1.82, 2.24) is 14.9 Å². The maximum Gasteiger partial charge on any atom is 0.247 e. The zero-order valence-corrected chi connectivity index (χ0v) is 19.0. The number of carbonyl (C=O) groups excluding carboxylic acids is 1. The molecule has 1 N–H and O–H groups in total. The summed E-state index contributed by atoms with van der Waals surface area (Å²) in [7, 11) is 1.61. The molecule has 0 radical (unpaired) electrons. The summed E-state index contributed by atoms with van der Waals surface area (Å²) in [6, 6.07) is 12.3. The van der Waals surface area contributed by atoms with Crippen LogP contribution in [0.3, 0.4) is 0 Å². The molecule has 1 aromatic heterocycles. The van der Waals surface area contributed by atoms with Crippen molar-refractivity contribution >= 4 is 23.6 Å². The number of hydrogen-bond donors (Lipinski definition) is 1. The monoisotopic (exact) mass is 455 g/mol. The van der Waals surface area contributed by atoms with E-state index in [0.29, 0.717) is 48.6 Å². The Bertz CT molecular complexity index is 1090. The molecule has 0 atom stereocenters. The average molecular weight is 456 g/mol. The van der Waals surface area contributed by atoms with Gasteiger partial charge in [0.2, 0.25) is 5.91 Å². The third-order valence-electron chi connectivity index (χ3n) is 5.04. The highest BCUT2D eigenvalue weighted by atomic mass is 35.5. The van der Waals surface area contributed by atoms with E-state index in [4.69, 9.17) is 16.3 Å². The minimum atomic E-state index is -0.264. The first kappa shape index (κ1) is 23.5. The molecule has 3 rings (SSSR count). The number of ether oxygens (including phenoxy) is 1. The molecule has 0 saturated carbocycles. The Labute approximate surface area is 192 Å². The van der Waals surface area contributed by atoms with Crippen molar-refractivity contribution in [1.29, 1.82) is 0 Å². The van der Waals surface area contributed by atoms with Crippen LogP contribution in [0.2, 0.25) is 0 Å². The molecule has 7 heteroatoms. The van der Waals surface area contributed by atoms with Crippen LogP contribution < -0.4 is 10.1 Å². The Hall–Kier alpha value is -3.12. The maximum atomic E-state index is 13.8. The number of aromatic nitrogens is 2. The number of rotatable bonds is 10. The minimum Gasteiger partial charge on any atom is -0.495 e. The number of imidazole rings is 1. The number of methoxy groups -OCH3 is 1. The molecule has 0 aliphatic heterocycles. The molecule has 168 valence electrons. The van der Waals surface area contributed by atoms with E-state index in [9.17, 15) is 9.18 Å². The van der Waals surface area contributed by atoms with Crippen LogP contribution in [0.25, 0.3) is 11.8 Å². The van der Waals surface area contributed by atoms with E-state index in [1.807, 2.05) is 42.0 Å². The summed E-state index contributed by atoms with van der Waals surface area (Å²) in [6.07, 6.45) is 7.14. The molecule has 0 aliphatic carbocycles. The smallest absolute Gasteiger partial charge is 0.247 e. The number of aryl methyl sites for hydroxylation is 1. The average Bonchev–Trinajstić information content (AvgIpc) is 3.23. The summed E-state index contributed by atoms with van der Waals surface area (Å²) >= 11 is 5.86. The Morgan fingerprint density at radius 3 is 2.78 bits per heavy atom. The fourth-order valence-corrected chi connectivity index (χ4v) is 3.52. The molecule has 0 saturated heterocycles. The van der Waals surface area contributed by atoms with Crippen molar-refractivity contribution in [3.05, 3.63) is 83.2 Å². The Morgan fingerprint density at radius 2 is 2.09 bits per heavy atom. The highest BCUT2D eigenvalue weighted by molar-refractivity contribution is 6.17. The number of carbonyl (C=O) groups is 1. The van der Waals surface area contributed by atoms with Crippen molar-refractivity contribution in [2.75, 3.05) is 19.5 Å². The topological polar surface area (TPSA) is 56.1 Å². The van der Waals surface area contributed by atoms with E-state index in [1.165, 1.54) is 6.07 Å². The third-order valence-corrected chi connectivity index (χ3v) is 5.31. The lowest BCUT2D eigenvalue weighted by Gasteiger charge is -2.12. The predicted molar refractivity (Wildman–Crippen MR) is 126 cm³/mol. The fourth-order valence-electron chi connectivity index (χ4n) is 3.39. The first-order valence-corrected chi connectivity index (χ1v) is 11.0. The summed E-state index contributed by atoms with van der Waals surface area (Å²) in [5.74, 6) is 0.690. The second-order valence-electron chi connectivity index (χ2n) is 7.41. The molecule has 0 unspecified atom stereocenters. The van der Waals surface area contributed by atoms with E-state index in [1.54, 1.807) is 31.6 Å². The molecule has 1 heterocycles. The Morgan fingerprint density at radius 1 is 1.28 bits per heavy atom. The molecule has 0 aliphatic rings. The molecule has 32 heavy (non-hydrogen) atoms. The minimum absolute atomic E-state index is 0.181. The quantitative estimate of drug-likeness (QED) is 0.342. The molecule has 0 fully saturated rings. The van der Waals surface area contributed by atoms with Crippen LogP contribution in [0.4, 0.5) is 4.39 Å². The first-order chi connectivity index (χ1) is 15.5. The molecule has 0 bridgehead atoms. The highest BCUT2D eigenvalue weighted by Gasteiger charge is 2.12. The lowest BCUT2D eigenvalue weighted by atomic mass is 10.0. The SMILES string of the molecule is COc1cc(/C=C(\CCCCl)C(=O)NCCc2ccccc2F)ccc1-n1cnc(C)c1. The summed E-state index contributed by atoms with van der Waals surface area (Å²) in [6.45, 7) is 2.27. The number of nitrogens with one attached hydrogen (secondary N) is 1. The molecular formula is C25H27ClFN3O2. The number of amides is 1. The van der Waals surface area contributed by atoms with Gasteiger partial charge in [0.1, 0.15) is 11.6 Å². The van der Waals surface area contributed by atoms with Gasteiger partial charge in [0.25, 0.3) is 0 Å². The molecular weight excluding hydrogens is 429 g/mol. The van der Waals surface area contributed by atoms with Crippen LogP contribution in [-0.4, -0.2) is 35.0 Å². The highest BCUT2D eigenvalue weighted by Crippen LogP contribution is 2.26. The van der Waals surface area contributed by atoms with Crippen LogP contribution >= 0.6 is 11.6 Å². The van der Waals surface area contributed by atoms with E-state index in [2.05, 4.69) is 10.3 Å². The van der Waals surface area contributed by atoms with Gasteiger partial charge in [-0.05, 0) is 61.6 Å². The summed E-state index contributed by atoms with van der Waals surface area (Å²) in [5, 5.41) is 2.90. The largest absolute Gasteiger partial charge is 0.495 e. The number of benzene rings is 2. The lowest BCUT2D eigenvalue weighted by Crippen LogP contribution is -2.27. The van der Waals surface area contributed by atoms with Gasteiger partial charge in [0.05, 0.1) is 24.8 Å². The molecule has 3 aromatic rings. The van der Waals surface area contributed by atoms with Gasteiger partial charge in [0, 0.05) is 24.2 Å². The van der Waals surface area contributed by atoms with Crippen LogP contribution in [0, 0.1) is 12.7 Å². The van der Waals surface area contributed by atoms with Crippen molar-refractivity contribution in [2.24, 2.45) is 0 Å². The van der Waals surface area contributed by atoms with Gasteiger partial charge in [-0.3, -0.25) is 4.79 Å². The van der Waals surface area contributed by atoms with Gasteiger partial charge in [-0.25, -0.2) is 9.37 Å². The lowest BCUT2D eigenvalue weighted by molar-refractivity contribution is -0.117. The number of halogens is 2. The molecule has 2 aromatic carbocycles. The molecule has 5 nitrogen and oxygen atoms in total. The number of nitrogens with zero attached hydrogens (tertiary/aromatic N) is 2. The van der Waals surface area contributed by atoms with Crippen molar-refractivity contribution in [2.45, 2.75) is 26.2 Å². The van der Waals surface area contributed by atoms with E-state index < -0.39 is 0 Å². The second-order valence-corrected chi connectivity index (χ2v) is 7.79. The van der Waals surface area contributed by atoms with E-state index >= 15 is 0 Å². The molecule has 1 amide bonds. The normalized spacial score (nSPS) is 11.4. The van der Waals surface area contributed by atoms with Crippen LogP contribution in [0.5, 0.6) is 5.75 Å². The summed E-state index contributed by atoms with van der Waals surface area (Å²) in [5.41, 5.74) is 3.81. The van der Waals surface area contributed by atoms with Gasteiger partial charge >= 0.3 is 0 Å². The summed E-state index contributed by atoms with van der Waals surface area (Å²) in [4.78, 5) is 17.1. The zero-order chi connectivity index (χ0) is 22.9. The van der Waals surface area contributed by atoms with E-state index in [-0.39, 0.29) is 11.7 Å². The molecule has 0 spiro atoms. The van der Waals surface area contributed by atoms with Gasteiger partial charge in [0.15, 0.2) is 0 Å². The van der Waals surface area contributed by atoms with Crippen LogP contribution in [0.1, 0.15) is 29.7 Å². The van der Waals surface area contributed by atoms with Crippen LogP contribution in [-0.2, 0) is 11.2 Å².